The molecule has 0 aliphatic heterocycles. The third kappa shape index (κ3) is 2.06. The average Bonchev–Trinajstić information content (AvgIpc) is 2.93. The van der Waals surface area contributed by atoms with Crippen LogP contribution >= 0.6 is 0 Å². The van der Waals surface area contributed by atoms with Crippen molar-refractivity contribution >= 4 is 5.91 Å². The predicted octanol–water partition coefficient (Wildman–Crippen LogP) is 1.94. The summed E-state index contributed by atoms with van der Waals surface area (Å²) < 4.78 is 2.08. The van der Waals surface area contributed by atoms with E-state index in [9.17, 15) is 4.79 Å². The zero-order valence-corrected chi connectivity index (χ0v) is 9.58. The molecule has 1 aromatic heterocycles. The maximum absolute atomic E-state index is 11.9. The van der Waals surface area contributed by atoms with Gasteiger partial charge in [0.1, 0.15) is 6.04 Å². The zero-order chi connectivity index (χ0) is 11.0. The number of aryl methyl sites for hydroxylation is 2. The van der Waals surface area contributed by atoms with Gasteiger partial charge in [0, 0.05) is 17.4 Å². The van der Waals surface area contributed by atoms with Crippen LogP contribution in [0, 0.1) is 13.8 Å². The van der Waals surface area contributed by atoms with Crippen molar-refractivity contribution in [2.24, 2.45) is 0 Å². The van der Waals surface area contributed by atoms with Gasteiger partial charge in [-0.05, 0) is 45.7 Å². The molecule has 2 rings (SSSR count). The summed E-state index contributed by atoms with van der Waals surface area (Å²) in [7, 11) is 0. The first-order chi connectivity index (χ1) is 7.09. The van der Waals surface area contributed by atoms with Crippen LogP contribution in [0.3, 0.4) is 0 Å². The number of nitrogens with one attached hydrogen (secondary N) is 1. The summed E-state index contributed by atoms with van der Waals surface area (Å²) in [4.78, 5) is 11.9. The summed E-state index contributed by atoms with van der Waals surface area (Å²) in [5, 5.41) is 3.04. The van der Waals surface area contributed by atoms with Gasteiger partial charge in [-0.3, -0.25) is 4.79 Å². The third-order valence-electron chi connectivity index (χ3n) is 3.02. The molecule has 0 spiro atoms. The Morgan fingerprint density at radius 1 is 1.40 bits per heavy atom. The summed E-state index contributed by atoms with van der Waals surface area (Å²) in [5.74, 6) is 0.139. The lowest BCUT2D eigenvalue weighted by Crippen LogP contribution is -2.33. The lowest BCUT2D eigenvalue weighted by molar-refractivity contribution is -0.124. The molecule has 1 amide bonds. The van der Waals surface area contributed by atoms with Crippen LogP contribution < -0.4 is 5.32 Å². The molecule has 3 heteroatoms. The second kappa shape index (κ2) is 3.72. The first-order valence-electron chi connectivity index (χ1n) is 5.54. The van der Waals surface area contributed by atoms with Crippen molar-refractivity contribution in [2.75, 3.05) is 0 Å². The number of nitrogens with zero attached hydrogens (tertiary/aromatic N) is 1. The Bertz CT molecular complexity index is 357. The van der Waals surface area contributed by atoms with Crippen molar-refractivity contribution in [3.8, 4) is 0 Å². The molecule has 0 radical (unpaired) electrons. The SMILES string of the molecule is Cc1ccc(C)n1C(C)C(=O)NC1CC1. The van der Waals surface area contributed by atoms with Crippen molar-refractivity contribution in [2.45, 2.75) is 45.7 Å². The number of amides is 1. The molecule has 1 aromatic rings. The maximum atomic E-state index is 11.9. The van der Waals surface area contributed by atoms with Crippen molar-refractivity contribution < 1.29 is 4.79 Å². The van der Waals surface area contributed by atoms with Crippen LogP contribution in [0.1, 0.15) is 37.2 Å². The van der Waals surface area contributed by atoms with Gasteiger partial charge in [-0.25, -0.2) is 0 Å². The highest BCUT2D eigenvalue weighted by Gasteiger charge is 2.26. The Hall–Kier alpha value is -1.25. The van der Waals surface area contributed by atoms with E-state index >= 15 is 0 Å². The molecule has 3 nitrogen and oxygen atoms in total. The quantitative estimate of drug-likeness (QED) is 0.805. The van der Waals surface area contributed by atoms with Crippen LogP contribution in [-0.2, 0) is 4.79 Å². The van der Waals surface area contributed by atoms with Crippen molar-refractivity contribution in [3.05, 3.63) is 23.5 Å². The molecule has 1 saturated carbocycles. The van der Waals surface area contributed by atoms with E-state index in [1.807, 2.05) is 20.8 Å². The van der Waals surface area contributed by atoms with E-state index in [-0.39, 0.29) is 11.9 Å². The molecule has 1 aliphatic carbocycles. The van der Waals surface area contributed by atoms with Crippen molar-refractivity contribution in [3.63, 3.8) is 0 Å². The molecule has 82 valence electrons. The minimum atomic E-state index is -0.0967. The van der Waals surface area contributed by atoms with E-state index in [1.54, 1.807) is 0 Å². The molecule has 15 heavy (non-hydrogen) atoms. The van der Waals surface area contributed by atoms with E-state index in [0.717, 1.165) is 24.2 Å². The number of carbonyl (C=O) groups is 1. The van der Waals surface area contributed by atoms with Gasteiger partial charge in [0.15, 0.2) is 0 Å². The minimum absolute atomic E-state index is 0.0967. The van der Waals surface area contributed by atoms with Crippen molar-refractivity contribution in [1.82, 2.24) is 9.88 Å². The van der Waals surface area contributed by atoms with Crippen molar-refractivity contribution in [1.29, 1.82) is 0 Å². The Kier molecular flexibility index (Phi) is 2.55. The van der Waals surface area contributed by atoms with Crippen LogP contribution in [0.2, 0.25) is 0 Å². The van der Waals surface area contributed by atoms with Gasteiger partial charge in [0.2, 0.25) is 5.91 Å². The fourth-order valence-corrected chi connectivity index (χ4v) is 1.96. The highest BCUT2D eigenvalue weighted by Crippen LogP contribution is 2.21. The van der Waals surface area contributed by atoms with Gasteiger partial charge in [-0.1, -0.05) is 0 Å². The topological polar surface area (TPSA) is 34.0 Å². The first-order valence-corrected chi connectivity index (χ1v) is 5.54. The number of aromatic nitrogens is 1. The molecule has 1 fully saturated rings. The summed E-state index contributed by atoms with van der Waals surface area (Å²) in [6.07, 6.45) is 2.28. The summed E-state index contributed by atoms with van der Waals surface area (Å²) >= 11 is 0. The number of hydrogen-bond donors (Lipinski definition) is 1. The minimum Gasteiger partial charge on any atom is -0.352 e. The normalized spacial score (nSPS) is 17.5. The van der Waals surface area contributed by atoms with Gasteiger partial charge in [-0.15, -0.1) is 0 Å². The van der Waals surface area contributed by atoms with Gasteiger partial charge in [-0.2, -0.15) is 0 Å². The number of carbonyl (C=O) groups excluding carboxylic acids is 1. The number of rotatable bonds is 3. The zero-order valence-electron chi connectivity index (χ0n) is 9.58. The molecule has 0 aromatic carbocycles. The van der Waals surface area contributed by atoms with Gasteiger partial charge in [0.05, 0.1) is 0 Å². The van der Waals surface area contributed by atoms with Gasteiger partial charge >= 0.3 is 0 Å². The Labute approximate surface area is 90.5 Å². The van der Waals surface area contributed by atoms with Gasteiger partial charge in [0.25, 0.3) is 0 Å². The van der Waals surface area contributed by atoms with Gasteiger partial charge < -0.3 is 9.88 Å². The fourth-order valence-electron chi connectivity index (χ4n) is 1.96. The Balaban J connectivity index is 2.11. The summed E-state index contributed by atoms with van der Waals surface area (Å²) in [6, 6.07) is 4.45. The monoisotopic (exact) mass is 206 g/mol. The highest BCUT2D eigenvalue weighted by molar-refractivity contribution is 5.80. The largest absolute Gasteiger partial charge is 0.352 e. The molecule has 1 heterocycles. The average molecular weight is 206 g/mol. The molecule has 1 unspecified atom stereocenters. The van der Waals surface area contributed by atoms with E-state index in [2.05, 4.69) is 22.0 Å². The van der Waals surface area contributed by atoms with E-state index in [0.29, 0.717) is 6.04 Å². The molecular formula is C12H18N2O. The molecule has 1 aliphatic rings. The molecular weight excluding hydrogens is 188 g/mol. The lowest BCUT2D eigenvalue weighted by Gasteiger charge is -2.17. The third-order valence-corrected chi connectivity index (χ3v) is 3.02. The van der Waals surface area contributed by atoms with E-state index in [4.69, 9.17) is 0 Å². The summed E-state index contributed by atoms with van der Waals surface area (Å²) in [5.41, 5.74) is 2.29. The van der Waals surface area contributed by atoms with E-state index in [1.165, 1.54) is 0 Å². The maximum Gasteiger partial charge on any atom is 0.242 e. The fraction of sp³-hybridized carbons (Fsp3) is 0.583. The lowest BCUT2D eigenvalue weighted by atomic mass is 10.3. The molecule has 0 bridgehead atoms. The second-order valence-electron chi connectivity index (χ2n) is 4.44. The smallest absolute Gasteiger partial charge is 0.242 e. The Morgan fingerprint density at radius 2 is 1.93 bits per heavy atom. The summed E-state index contributed by atoms with van der Waals surface area (Å²) in [6.45, 7) is 6.03. The standard InChI is InChI=1S/C12H18N2O/c1-8-4-5-9(2)14(8)10(3)12(15)13-11-6-7-11/h4-5,10-11H,6-7H2,1-3H3,(H,13,15). The highest BCUT2D eigenvalue weighted by atomic mass is 16.2. The first kappa shape index (κ1) is 10.3. The predicted molar refractivity (Wildman–Crippen MR) is 59.8 cm³/mol. The van der Waals surface area contributed by atoms with Crippen LogP contribution in [-0.4, -0.2) is 16.5 Å². The molecule has 0 saturated heterocycles. The van der Waals surface area contributed by atoms with E-state index < -0.39 is 0 Å². The van der Waals surface area contributed by atoms with Crippen LogP contribution in [0.25, 0.3) is 0 Å². The number of hydrogen-bond acceptors (Lipinski definition) is 1. The Morgan fingerprint density at radius 3 is 2.40 bits per heavy atom. The molecule has 1 atom stereocenters. The van der Waals surface area contributed by atoms with Crippen LogP contribution in [0.5, 0.6) is 0 Å². The van der Waals surface area contributed by atoms with Crippen LogP contribution in [0.15, 0.2) is 12.1 Å². The molecule has 1 N–H and O–H groups in total. The second-order valence-corrected chi connectivity index (χ2v) is 4.44. The van der Waals surface area contributed by atoms with Crippen LogP contribution in [0.4, 0.5) is 0 Å².